The monoisotopic (exact) mass is 283 g/mol. The Morgan fingerprint density at radius 3 is 2.65 bits per heavy atom. The SMILES string of the molecule is CN(C)C(=O)CN1CCCN(C(=O)[C@@H]2CCOC2)CC1. The van der Waals surface area contributed by atoms with Crippen LogP contribution in [0.25, 0.3) is 0 Å². The molecule has 0 saturated carbocycles. The lowest BCUT2D eigenvalue weighted by Crippen LogP contribution is -2.41. The molecule has 0 aromatic heterocycles. The highest BCUT2D eigenvalue weighted by Gasteiger charge is 2.29. The van der Waals surface area contributed by atoms with Gasteiger partial charge < -0.3 is 14.5 Å². The first-order chi connectivity index (χ1) is 9.58. The summed E-state index contributed by atoms with van der Waals surface area (Å²) in [5, 5.41) is 0. The smallest absolute Gasteiger partial charge is 0.236 e. The quantitative estimate of drug-likeness (QED) is 0.710. The lowest BCUT2D eigenvalue weighted by molar-refractivity contribution is -0.135. The van der Waals surface area contributed by atoms with Gasteiger partial charge in [0.2, 0.25) is 11.8 Å². The highest BCUT2D eigenvalue weighted by Crippen LogP contribution is 2.16. The number of hydrogen-bond donors (Lipinski definition) is 0. The standard InChI is InChI=1S/C14H25N3O3/c1-15(2)13(18)10-16-5-3-6-17(8-7-16)14(19)12-4-9-20-11-12/h12H,3-11H2,1-2H3/t12-/m1/s1. The van der Waals surface area contributed by atoms with Gasteiger partial charge in [0, 0.05) is 46.9 Å². The summed E-state index contributed by atoms with van der Waals surface area (Å²) >= 11 is 0. The molecule has 0 unspecified atom stereocenters. The topological polar surface area (TPSA) is 53.1 Å². The van der Waals surface area contributed by atoms with Crippen molar-refractivity contribution in [2.45, 2.75) is 12.8 Å². The Labute approximate surface area is 120 Å². The molecule has 0 spiro atoms. The zero-order chi connectivity index (χ0) is 14.5. The summed E-state index contributed by atoms with van der Waals surface area (Å²) in [4.78, 5) is 29.8. The van der Waals surface area contributed by atoms with E-state index in [1.165, 1.54) is 0 Å². The van der Waals surface area contributed by atoms with Crippen LogP contribution in [0, 0.1) is 5.92 Å². The zero-order valence-electron chi connectivity index (χ0n) is 12.5. The van der Waals surface area contributed by atoms with E-state index < -0.39 is 0 Å². The summed E-state index contributed by atoms with van der Waals surface area (Å²) in [5.41, 5.74) is 0. The molecule has 0 aromatic rings. The van der Waals surface area contributed by atoms with Gasteiger partial charge in [-0.15, -0.1) is 0 Å². The van der Waals surface area contributed by atoms with E-state index in [0.717, 1.165) is 39.0 Å². The average molecular weight is 283 g/mol. The van der Waals surface area contributed by atoms with Crippen molar-refractivity contribution in [1.82, 2.24) is 14.7 Å². The molecule has 2 heterocycles. The maximum absolute atomic E-state index is 12.3. The molecule has 2 saturated heterocycles. The van der Waals surface area contributed by atoms with Crippen LogP contribution >= 0.6 is 0 Å². The van der Waals surface area contributed by atoms with Crippen LogP contribution in [0.4, 0.5) is 0 Å². The van der Waals surface area contributed by atoms with Crippen LogP contribution in [0.15, 0.2) is 0 Å². The Balaban J connectivity index is 1.82. The molecule has 2 rings (SSSR count). The molecule has 20 heavy (non-hydrogen) atoms. The summed E-state index contributed by atoms with van der Waals surface area (Å²) < 4.78 is 5.29. The highest BCUT2D eigenvalue weighted by atomic mass is 16.5. The van der Waals surface area contributed by atoms with E-state index in [2.05, 4.69) is 4.90 Å². The van der Waals surface area contributed by atoms with Gasteiger partial charge in [-0.2, -0.15) is 0 Å². The molecule has 0 bridgehead atoms. The van der Waals surface area contributed by atoms with Crippen molar-refractivity contribution in [2.75, 3.05) is 60.0 Å². The van der Waals surface area contributed by atoms with Gasteiger partial charge in [-0.05, 0) is 12.8 Å². The van der Waals surface area contributed by atoms with Crippen molar-refractivity contribution in [3.8, 4) is 0 Å². The summed E-state index contributed by atoms with van der Waals surface area (Å²) in [6, 6.07) is 0. The van der Waals surface area contributed by atoms with Gasteiger partial charge in [-0.1, -0.05) is 0 Å². The minimum atomic E-state index is 0.0463. The lowest BCUT2D eigenvalue weighted by Gasteiger charge is -2.24. The summed E-state index contributed by atoms with van der Waals surface area (Å²) in [5.74, 6) is 0.391. The van der Waals surface area contributed by atoms with E-state index in [1.807, 2.05) is 4.90 Å². The van der Waals surface area contributed by atoms with Crippen molar-refractivity contribution >= 4 is 11.8 Å². The predicted molar refractivity (Wildman–Crippen MR) is 75.3 cm³/mol. The maximum Gasteiger partial charge on any atom is 0.236 e. The fourth-order valence-electron chi connectivity index (χ4n) is 2.67. The van der Waals surface area contributed by atoms with Crippen LogP contribution < -0.4 is 0 Å². The van der Waals surface area contributed by atoms with Crippen molar-refractivity contribution in [3.63, 3.8) is 0 Å². The number of hydrogen-bond acceptors (Lipinski definition) is 4. The van der Waals surface area contributed by atoms with Crippen LogP contribution in [0.5, 0.6) is 0 Å². The van der Waals surface area contributed by atoms with E-state index in [4.69, 9.17) is 4.74 Å². The van der Waals surface area contributed by atoms with Crippen molar-refractivity contribution < 1.29 is 14.3 Å². The first-order valence-electron chi connectivity index (χ1n) is 7.37. The van der Waals surface area contributed by atoms with Gasteiger partial charge >= 0.3 is 0 Å². The van der Waals surface area contributed by atoms with Crippen LogP contribution in [0.3, 0.4) is 0 Å². The van der Waals surface area contributed by atoms with E-state index in [0.29, 0.717) is 19.8 Å². The van der Waals surface area contributed by atoms with Crippen LogP contribution in [-0.4, -0.2) is 86.5 Å². The van der Waals surface area contributed by atoms with Crippen LogP contribution in [-0.2, 0) is 14.3 Å². The maximum atomic E-state index is 12.3. The van der Waals surface area contributed by atoms with Crippen molar-refractivity contribution in [2.24, 2.45) is 5.92 Å². The number of rotatable bonds is 3. The van der Waals surface area contributed by atoms with Gasteiger partial charge in [0.15, 0.2) is 0 Å². The van der Waals surface area contributed by atoms with Gasteiger partial charge in [0.05, 0.1) is 19.1 Å². The number of amides is 2. The molecule has 2 fully saturated rings. The van der Waals surface area contributed by atoms with E-state index in [1.54, 1.807) is 19.0 Å². The molecule has 6 nitrogen and oxygen atoms in total. The minimum Gasteiger partial charge on any atom is -0.381 e. The largest absolute Gasteiger partial charge is 0.381 e. The molecular weight excluding hydrogens is 258 g/mol. The van der Waals surface area contributed by atoms with Gasteiger partial charge in [0.1, 0.15) is 0 Å². The first kappa shape index (κ1) is 15.3. The Bertz CT molecular complexity index is 354. The molecule has 1 atom stereocenters. The third-order valence-corrected chi connectivity index (χ3v) is 4.04. The van der Waals surface area contributed by atoms with E-state index in [9.17, 15) is 9.59 Å². The van der Waals surface area contributed by atoms with E-state index >= 15 is 0 Å². The molecule has 2 amide bonds. The Hall–Kier alpha value is -1.14. The Morgan fingerprint density at radius 2 is 2.00 bits per heavy atom. The summed E-state index contributed by atoms with van der Waals surface area (Å²) in [6.07, 6.45) is 1.78. The lowest BCUT2D eigenvalue weighted by atomic mass is 10.1. The number of carbonyl (C=O) groups is 2. The molecular formula is C14H25N3O3. The number of nitrogens with zero attached hydrogens (tertiary/aromatic N) is 3. The second kappa shape index (κ2) is 7.04. The fraction of sp³-hybridized carbons (Fsp3) is 0.857. The molecule has 0 aromatic carbocycles. The summed E-state index contributed by atoms with van der Waals surface area (Å²) in [7, 11) is 3.55. The molecule has 2 aliphatic rings. The normalized spacial score (nSPS) is 24.5. The van der Waals surface area contributed by atoms with Gasteiger partial charge in [-0.3, -0.25) is 14.5 Å². The third-order valence-electron chi connectivity index (χ3n) is 4.04. The molecule has 0 aliphatic carbocycles. The molecule has 2 aliphatic heterocycles. The Morgan fingerprint density at radius 1 is 1.20 bits per heavy atom. The number of likely N-dealkylation sites (N-methyl/N-ethyl adjacent to an activating group) is 1. The summed E-state index contributed by atoms with van der Waals surface area (Å²) in [6.45, 7) is 4.88. The van der Waals surface area contributed by atoms with Gasteiger partial charge in [0.25, 0.3) is 0 Å². The predicted octanol–water partition coefficient (Wildman–Crippen LogP) is -0.355. The van der Waals surface area contributed by atoms with Crippen LogP contribution in [0.1, 0.15) is 12.8 Å². The molecule has 0 N–H and O–H groups in total. The molecule has 6 heteroatoms. The minimum absolute atomic E-state index is 0.0463. The number of carbonyl (C=O) groups excluding carboxylic acids is 2. The van der Waals surface area contributed by atoms with E-state index in [-0.39, 0.29) is 17.7 Å². The number of ether oxygens (including phenoxy) is 1. The second-order valence-corrected chi connectivity index (χ2v) is 5.80. The zero-order valence-corrected chi connectivity index (χ0v) is 12.5. The third kappa shape index (κ3) is 3.93. The first-order valence-corrected chi connectivity index (χ1v) is 7.37. The van der Waals surface area contributed by atoms with Gasteiger partial charge in [-0.25, -0.2) is 0 Å². The highest BCUT2D eigenvalue weighted by molar-refractivity contribution is 5.79. The average Bonchev–Trinajstić information content (AvgIpc) is 2.85. The molecule has 114 valence electrons. The van der Waals surface area contributed by atoms with Crippen molar-refractivity contribution in [1.29, 1.82) is 0 Å². The molecule has 0 radical (unpaired) electrons. The fourth-order valence-corrected chi connectivity index (χ4v) is 2.67. The van der Waals surface area contributed by atoms with Crippen LogP contribution in [0.2, 0.25) is 0 Å². The second-order valence-electron chi connectivity index (χ2n) is 5.80. The van der Waals surface area contributed by atoms with Crippen molar-refractivity contribution in [3.05, 3.63) is 0 Å². The Kier molecular flexibility index (Phi) is 5.37.